The van der Waals surface area contributed by atoms with E-state index in [9.17, 15) is 4.39 Å². The molecule has 18 heavy (non-hydrogen) atoms. The van der Waals surface area contributed by atoms with Crippen LogP contribution in [0.15, 0.2) is 24.3 Å². The molecule has 1 atom stereocenters. The molecule has 1 aromatic carbocycles. The molecule has 1 aliphatic rings. The first-order valence-corrected chi connectivity index (χ1v) is 7.62. The summed E-state index contributed by atoms with van der Waals surface area (Å²) >= 11 is 6.06. The summed E-state index contributed by atoms with van der Waals surface area (Å²) in [5.41, 5.74) is 1.20. The summed E-state index contributed by atoms with van der Waals surface area (Å²) in [5.74, 6) is 2.03. The summed E-state index contributed by atoms with van der Waals surface area (Å²) in [7, 11) is 0. The quantitative estimate of drug-likeness (QED) is 0.623. The summed E-state index contributed by atoms with van der Waals surface area (Å²) < 4.78 is 12.8. The maximum atomic E-state index is 12.8. The van der Waals surface area contributed by atoms with Crippen LogP contribution in [-0.4, -0.2) is 5.88 Å². The summed E-state index contributed by atoms with van der Waals surface area (Å²) in [4.78, 5) is 0. The number of halogens is 2. The van der Waals surface area contributed by atoms with Crippen molar-refractivity contribution in [2.45, 2.75) is 44.9 Å². The predicted molar refractivity (Wildman–Crippen MR) is 75.5 cm³/mol. The Morgan fingerprint density at radius 2 is 1.83 bits per heavy atom. The zero-order chi connectivity index (χ0) is 12.8. The monoisotopic (exact) mass is 268 g/mol. The Balaban J connectivity index is 1.79. The van der Waals surface area contributed by atoms with Gasteiger partial charge in [0.05, 0.1) is 0 Å². The molecule has 1 fully saturated rings. The molecule has 100 valence electrons. The standard InChI is InChI=1S/C16H22ClF/c17-12-15(6-5-13-3-1-2-4-13)11-14-7-9-16(18)10-8-14/h7-10,13,15H,1-6,11-12H2. The molecule has 2 rings (SSSR count). The van der Waals surface area contributed by atoms with Gasteiger partial charge in [-0.1, -0.05) is 44.2 Å². The van der Waals surface area contributed by atoms with E-state index in [4.69, 9.17) is 11.6 Å². The van der Waals surface area contributed by atoms with Gasteiger partial charge in [-0.05, 0) is 42.4 Å². The van der Waals surface area contributed by atoms with Crippen LogP contribution in [-0.2, 0) is 6.42 Å². The second-order valence-electron chi connectivity index (χ2n) is 5.58. The van der Waals surface area contributed by atoms with E-state index in [1.54, 1.807) is 0 Å². The van der Waals surface area contributed by atoms with Crippen LogP contribution in [0, 0.1) is 17.7 Å². The molecular formula is C16H22ClF. The predicted octanol–water partition coefficient (Wildman–Crippen LogP) is 5.19. The fourth-order valence-electron chi connectivity index (χ4n) is 2.96. The van der Waals surface area contributed by atoms with Gasteiger partial charge in [0.15, 0.2) is 0 Å². The molecule has 0 bridgehead atoms. The van der Waals surface area contributed by atoms with Crippen molar-refractivity contribution in [3.8, 4) is 0 Å². The van der Waals surface area contributed by atoms with Gasteiger partial charge in [0.2, 0.25) is 0 Å². The molecule has 0 N–H and O–H groups in total. The third kappa shape index (κ3) is 4.28. The Bertz CT molecular complexity index is 341. The highest BCUT2D eigenvalue weighted by Crippen LogP contribution is 2.30. The van der Waals surface area contributed by atoms with Gasteiger partial charge < -0.3 is 0 Å². The van der Waals surface area contributed by atoms with Gasteiger partial charge in [0.25, 0.3) is 0 Å². The molecule has 2 heteroatoms. The molecule has 0 heterocycles. The SMILES string of the molecule is Fc1ccc(CC(CCl)CCC2CCCC2)cc1. The highest BCUT2D eigenvalue weighted by Gasteiger charge is 2.17. The second-order valence-corrected chi connectivity index (χ2v) is 5.89. The summed E-state index contributed by atoms with van der Waals surface area (Å²) in [6, 6.07) is 6.84. The lowest BCUT2D eigenvalue weighted by Crippen LogP contribution is -2.08. The number of benzene rings is 1. The molecule has 0 radical (unpaired) electrons. The fourth-order valence-corrected chi connectivity index (χ4v) is 3.22. The zero-order valence-corrected chi connectivity index (χ0v) is 11.6. The summed E-state index contributed by atoms with van der Waals surface area (Å²) in [5, 5.41) is 0. The molecule has 0 spiro atoms. The summed E-state index contributed by atoms with van der Waals surface area (Å²) in [6.07, 6.45) is 9.15. The number of hydrogen-bond donors (Lipinski definition) is 0. The molecular weight excluding hydrogens is 247 g/mol. The van der Waals surface area contributed by atoms with E-state index in [0.717, 1.165) is 12.3 Å². The van der Waals surface area contributed by atoms with Crippen LogP contribution in [0.3, 0.4) is 0 Å². The van der Waals surface area contributed by atoms with E-state index in [2.05, 4.69) is 0 Å². The Kier molecular flexibility index (Phi) is 5.49. The van der Waals surface area contributed by atoms with E-state index in [-0.39, 0.29) is 5.82 Å². The van der Waals surface area contributed by atoms with Crippen LogP contribution in [0.1, 0.15) is 44.1 Å². The van der Waals surface area contributed by atoms with Crippen LogP contribution in [0.4, 0.5) is 4.39 Å². The first kappa shape index (κ1) is 13.9. The fraction of sp³-hybridized carbons (Fsp3) is 0.625. The van der Waals surface area contributed by atoms with Gasteiger partial charge in [-0.25, -0.2) is 4.39 Å². The Morgan fingerprint density at radius 3 is 2.44 bits per heavy atom. The molecule has 1 aliphatic carbocycles. The molecule has 1 aromatic rings. The molecule has 1 unspecified atom stereocenters. The average molecular weight is 269 g/mol. The van der Waals surface area contributed by atoms with Crippen LogP contribution >= 0.6 is 11.6 Å². The van der Waals surface area contributed by atoms with Gasteiger partial charge in [0.1, 0.15) is 5.82 Å². The largest absolute Gasteiger partial charge is 0.207 e. The number of rotatable bonds is 6. The second kappa shape index (κ2) is 7.13. The number of alkyl halides is 1. The Labute approximate surface area is 115 Å². The zero-order valence-electron chi connectivity index (χ0n) is 10.9. The van der Waals surface area contributed by atoms with Crippen molar-refractivity contribution in [1.82, 2.24) is 0 Å². The lowest BCUT2D eigenvalue weighted by Gasteiger charge is -2.16. The van der Waals surface area contributed by atoms with Crippen molar-refractivity contribution in [3.63, 3.8) is 0 Å². The lowest BCUT2D eigenvalue weighted by atomic mass is 9.91. The van der Waals surface area contributed by atoms with Gasteiger partial charge in [-0.2, -0.15) is 0 Å². The normalized spacial score (nSPS) is 18.1. The van der Waals surface area contributed by atoms with E-state index in [0.29, 0.717) is 11.8 Å². The third-order valence-electron chi connectivity index (χ3n) is 4.11. The molecule has 0 nitrogen and oxygen atoms in total. The van der Waals surface area contributed by atoms with E-state index < -0.39 is 0 Å². The van der Waals surface area contributed by atoms with Gasteiger partial charge in [-0.15, -0.1) is 11.6 Å². The smallest absolute Gasteiger partial charge is 0.123 e. The minimum Gasteiger partial charge on any atom is -0.207 e. The highest BCUT2D eigenvalue weighted by molar-refractivity contribution is 6.18. The highest BCUT2D eigenvalue weighted by atomic mass is 35.5. The first-order chi connectivity index (χ1) is 8.78. The third-order valence-corrected chi connectivity index (χ3v) is 4.55. The minimum atomic E-state index is -0.160. The Morgan fingerprint density at radius 1 is 1.17 bits per heavy atom. The van der Waals surface area contributed by atoms with Crippen LogP contribution < -0.4 is 0 Å². The van der Waals surface area contributed by atoms with E-state index in [1.807, 2.05) is 12.1 Å². The summed E-state index contributed by atoms with van der Waals surface area (Å²) in [6.45, 7) is 0. The molecule has 0 amide bonds. The van der Waals surface area contributed by atoms with Gasteiger partial charge in [0, 0.05) is 5.88 Å². The first-order valence-electron chi connectivity index (χ1n) is 7.08. The van der Waals surface area contributed by atoms with Crippen LogP contribution in [0.2, 0.25) is 0 Å². The molecule has 1 saturated carbocycles. The van der Waals surface area contributed by atoms with Crippen molar-refractivity contribution < 1.29 is 4.39 Å². The van der Waals surface area contributed by atoms with Gasteiger partial charge >= 0.3 is 0 Å². The minimum absolute atomic E-state index is 0.160. The van der Waals surface area contributed by atoms with E-state index >= 15 is 0 Å². The topological polar surface area (TPSA) is 0 Å². The molecule has 0 aromatic heterocycles. The van der Waals surface area contributed by atoms with Crippen molar-refractivity contribution in [1.29, 1.82) is 0 Å². The van der Waals surface area contributed by atoms with Gasteiger partial charge in [-0.3, -0.25) is 0 Å². The Hall–Kier alpha value is -0.560. The molecule has 0 saturated heterocycles. The maximum Gasteiger partial charge on any atom is 0.123 e. The maximum absolute atomic E-state index is 12.8. The van der Waals surface area contributed by atoms with Crippen molar-refractivity contribution in [3.05, 3.63) is 35.6 Å². The lowest BCUT2D eigenvalue weighted by molar-refractivity contribution is 0.416. The van der Waals surface area contributed by atoms with Crippen LogP contribution in [0.5, 0.6) is 0 Å². The number of hydrogen-bond acceptors (Lipinski definition) is 0. The van der Waals surface area contributed by atoms with Crippen LogP contribution in [0.25, 0.3) is 0 Å². The van der Waals surface area contributed by atoms with Crippen molar-refractivity contribution in [2.75, 3.05) is 5.88 Å². The van der Waals surface area contributed by atoms with Crippen molar-refractivity contribution >= 4 is 11.6 Å². The van der Waals surface area contributed by atoms with Crippen molar-refractivity contribution in [2.24, 2.45) is 11.8 Å². The van der Waals surface area contributed by atoms with E-state index in [1.165, 1.54) is 56.2 Å². The average Bonchev–Trinajstić information content (AvgIpc) is 2.90. The molecule has 0 aliphatic heterocycles.